The van der Waals surface area contributed by atoms with Crippen LogP contribution in [0, 0.1) is 26.7 Å². The molecule has 0 N–H and O–H groups in total. The number of carbonyl (C=O) groups is 1. The highest BCUT2D eigenvalue weighted by atomic mass is 35.5. The molecule has 1 aliphatic rings. The third kappa shape index (κ3) is 4.35. The Kier molecular flexibility index (Phi) is 5.98. The first-order chi connectivity index (χ1) is 15.0. The van der Waals surface area contributed by atoms with Crippen molar-refractivity contribution in [2.24, 2.45) is 5.92 Å². The van der Waals surface area contributed by atoms with E-state index in [1.807, 2.05) is 52.0 Å². The van der Waals surface area contributed by atoms with E-state index < -0.39 is 11.7 Å². The van der Waals surface area contributed by atoms with Gasteiger partial charge < -0.3 is 9.30 Å². The molecule has 2 aromatic heterocycles. The van der Waals surface area contributed by atoms with Crippen molar-refractivity contribution in [3.63, 3.8) is 0 Å². The summed E-state index contributed by atoms with van der Waals surface area (Å²) in [5, 5.41) is 1.79. The fraction of sp³-hybridized carbons (Fsp3) is 0.481. The Morgan fingerprint density at radius 3 is 2.34 bits per heavy atom. The number of aromatic nitrogens is 2. The Bertz CT molecular complexity index is 1180. The van der Waals surface area contributed by atoms with Gasteiger partial charge in [-0.3, -0.25) is 4.79 Å². The lowest BCUT2D eigenvalue weighted by atomic mass is 9.90. The van der Waals surface area contributed by atoms with Gasteiger partial charge in [-0.05, 0) is 90.5 Å². The number of fused-ring (bicyclic) bond motifs is 1. The SMILES string of the molecule is CC(=O)[C@@H](OC(C)(C)C)c1c(C)nc2c(c(C)c(C)n2CC2CC2)c1-c1ccc(Cl)cc1. The lowest BCUT2D eigenvalue weighted by Crippen LogP contribution is -2.27. The number of nitrogens with zero attached hydrogens (tertiary/aromatic N) is 2. The Hall–Kier alpha value is -2.17. The summed E-state index contributed by atoms with van der Waals surface area (Å²) < 4.78 is 8.70. The number of pyridine rings is 1. The van der Waals surface area contributed by atoms with Gasteiger partial charge in [-0.1, -0.05) is 23.7 Å². The number of hydrogen-bond donors (Lipinski definition) is 0. The van der Waals surface area contributed by atoms with Gasteiger partial charge in [-0.25, -0.2) is 4.98 Å². The lowest BCUT2D eigenvalue weighted by Gasteiger charge is -2.29. The van der Waals surface area contributed by atoms with Gasteiger partial charge in [0, 0.05) is 39.5 Å². The topological polar surface area (TPSA) is 44.1 Å². The van der Waals surface area contributed by atoms with Crippen LogP contribution in [0.25, 0.3) is 22.2 Å². The summed E-state index contributed by atoms with van der Waals surface area (Å²) in [6.45, 7) is 14.9. The molecule has 1 fully saturated rings. The highest BCUT2D eigenvalue weighted by Gasteiger charge is 2.32. The van der Waals surface area contributed by atoms with Gasteiger partial charge in [-0.15, -0.1) is 0 Å². The van der Waals surface area contributed by atoms with Crippen molar-refractivity contribution in [2.45, 2.75) is 79.6 Å². The molecule has 0 spiro atoms. The van der Waals surface area contributed by atoms with Gasteiger partial charge in [0.2, 0.25) is 0 Å². The maximum absolute atomic E-state index is 12.9. The van der Waals surface area contributed by atoms with Crippen molar-refractivity contribution in [1.29, 1.82) is 0 Å². The molecule has 1 aliphatic carbocycles. The highest BCUT2D eigenvalue weighted by molar-refractivity contribution is 6.30. The number of carbonyl (C=O) groups excluding carboxylic acids is 1. The van der Waals surface area contributed by atoms with E-state index in [2.05, 4.69) is 18.4 Å². The second-order valence-corrected chi connectivity index (χ2v) is 10.6. The van der Waals surface area contributed by atoms with Gasteiger partial charge in [-0.2, -0.15) is 0 Å². The molecule has 0 amide bonds. The highest BCUT2D eigenvalue weighted by Crippen LogP contribution is 2.43. The molecule has 5 heteroatoms. The van der Waals surface area contributed by atoms with Gasteiger partial charge in [0.25, 0.3) is 0 Å². The van der Waals surface area contributed by atoms with Crippen molar-refractivity contribution in [2.75, 3.05) is 0 Å². The molecular formula is C27H33ClN2O2. The molecule has 4 rings (SSSR count). The first-order valence-corrected chi connectivity index (χ1v) is 11.8. The van der Waals surface area contributed by atoms with Crippen LogP contribution in [0.3, 0.4) is 0 Å². The first-order valence-electron chi connectivity index (χ1n) is 11.4. The Labute approximate surface area is 195 Å². The van der Waals surface area contributed by atoms with E-state index in [0.717, 1.165) is 45.9 Å². The smallest absolute Gasteiger partial charge is 0.163 e. The van der Waals surface area contributed by atoms with Crippen molar-refractivity contribution in [3.05, 3.63) is 51.8 Å². The van der Waals surface area contributed by atoms with Crippen LogP contribution < -0.4 is 0 Å². The van der Waals surface area contributed by atoms with Crippen LogP contribution in [0.4, 0.5) is 0 Å². The summed E-state index contributed by atoms with van der Waals surface area (Å²) in [6, 6.07) is 7.86. The molecule has 4 nitrogen and oxygen atoms in total. The largest absolute Gasteiger partial charge is 0.360 e. The number of ketones is 1. The summed E-state index contributed by atoms with van der Waals surface area (Å²) in [4.78, 5) is 18.0. The molecule has 1 atom stereocenters. The quantitative estimate of drug-likeness (QED) is 0.399. The first kappa shape index (κ1) is 23.0. The fourth-order valence-electron chi connectivity index (χ4n) is 4.51. The molecule has 2 heterocycles. The minimum Gasteiger partial charge on any atom is -0.360 e. The van der Waals surface area contributed by atoms with E-state index in [-0.39, 0.29) is 5.78 Å². The van der Waals surface area contributed by atoms with E-state index in [1.165, 1.54) is 24.1 Å². The Morgan fingerprint density at radius 1 is 1.19 bits per heavy atom. The number of Topliss-reactive ketones (excluding diaryl/α,β-unsaturated/α-hetero) is 1. The third-order valence-electron chi connectivity index (χ3n) is 6.36. The fourth-order valence-corrected chi connectivity index (χ4v) is 4.64. The molecule has 32 heavy (non-hydrogen) atoms. The second-order valence-electron chi connectivity index (χ2n) is 10.2. The zero-order chi connectivity index (χ0) is 23.4. The standard InChI is InChI=1S/C27H33ClN2O2/c1-15-17(3)30(14-19-8-9-19)26-22(15)24(20-10-12-21(28)13-11-20)23(16(2)29-26)25(18(4)31)32-27(5,6)7/h10-13,19,25H,8-9,14H2,1-7H3/t25-/m1/s1. The van der Waals surface area contributed by atoms with Crippen molar-refractivity contribution in [1.82, 2.24) is 9.55 Å². The summed E-state index contributed by atoms with van der Waals surface area (Å²) >= 11 is 6.22. The zero-order valence-electron chi connectivity index (χ0n) is 20.2. The molecule has 0 bridgehead atoms. The maximum atomic E-state index is 12.9. The van der Waals surface area contributed by atoms with Crippen LogP contribution >= 0.6 is 11.6 Å². The van der Waals surface area contributed by atoms with Crippen LogP contribution in [0.15, 0.2) is 24.3 Å². The molecular weight excluding hydrogens is 420 g/mol. The predicted molar refractivity (Wildman–Crippen MR) is 131 cm³/mol. The van der Waals surface area contributed by atoms with Gasteiger partial charge in [0.05, 0.1) is 5.60 Å². The summed E-state index contributed by atoms with van der Waals surface area (Å²) in [5.41, 5.74) is 6.71. The molecule has 1 saturated carbocycles. The number of benzene rings is 1. The van der Waals surface area contributed by atoms with Crippen LogP contribution in [-0.2, 0) is 16.1 Å². The van der Waals surface area contributed by atoms with E-state index in [4.69, 9.17) is 21.3 Å². The molecule has 0 aliphatic heterocycles. The lowest BCUT2D eigenvalue weighted by molar-refractivity contribution is -0.138. The van der Waals surface area contributed by atoms with E-state index >= 15 is 0 Å². The van der Waals surface area contributed by atoms with E-state index in [9.17, 15) is 4.79 Å². The van der Waals surface area contributed by atoms with Crippen LogP contribution in [0.1, 0.15) is 69.2 Å². The van der Waals surface area contributed by atoms with Gasteiger partial charge in [0.1, 0.15) is 11.8 Å². The molecule has 3 aromatic rings. The van der Waals surface area contributed by atoms with Crippen molar-refractivity contribution < 1.29 is 9.53 Å². The van der Waals surface area contributed by atoms with Gasteiger partial charge >= 0.3 is 0 Å². The van der Waals surface area contributed by atoms with Crippen LogP contribution in [-0.4, -0.2) is 20.9 Å². The number of halogens is 1. The Morgan fingerprint density at radius 2 is 1.81 bits per heavy atom. The molecule has 170 valence electrons. The number of aryl methyl sites for hydroxylation is 2. The summed E-state index contributed by atoms with van der Waals surface area (Å²) in [5.74, 6) is 0.713. The monoisotopic (exact) mass is 452 g/mol. The molecule has 0 radical (unpaired) electrons. The van der Waals surface area contributed by atoms with E-state index in [0.29, 0.717) is 5.02 Å². The average molecular weight is 453 g/mol. The maximum Gasteiger partial charge on any atom is 0.163 e. The minimum absolute atomic E-state index is 0.0221. The third-order valence-corrected chi connectivity index (χ3v) is 6.61. The molecule has 1 aromatic carbocycles. The van der Waals surface area contributed by atoms with Crippen molar-refractivity contribution >= 4 is 28.4 Å². The second kappa shape index (κ2) is 8.31. The minimum atomic E-state index is -0.691. The molecule has 0 saturated heterocycles. The Balaban J connectivity index is 2.08. The summed E-state index contributed by atoms with van der Waals surface area (Å²) in [7, 11) is 0. The molecule has 0 unspecified atom stereocenters. The van der Waals surface area contributed by atoms with Gasteiger partial charge in [0.15, 0.2) is 5.78 Å². The zero-order valence-corrected chi connectivity index (χ0v) is 20.9. The normalized spacial score (nSPS) is 15.4. The predicted octanol–water partition coefficient (Wildman–Crippen LogP) is 7.14. The number of hydrogen-bond acceptors (Lipinski definition) is 3. The number of rotatable bonds is 6. The van der Waals surface area contributed by atoms with E-state index in [1.54, 1.807) is 6.92 Å². The van der Waals surface area contributed by atoms with Crippen molar-refractivity contribution in [3.8, 4) is 11.1 Å². The number of ether oxygens (including phenoxy) is 1. The van der Waals surface area contributed by atoms with Crippen LogP contribution in [0.2, 0.25) is 5.02 Å². The van der Waals surface area contributed by atoms with Crippen LogP contribution in [0.5, 0.6) is 0 Å². The average Bonchev–Trinajstić information content (AvgIpc) is 3.49. The summed E-state index contributed by atoms with van der Waals surface area (Å²) in [6.07, 6.45) is 1.87.